The molecule has 2 aliphatic heterocycles. The summed E-state index contributed by atoms with van der Waals surface area (Å²) in [6, 6.07) is 7.30. The van der Waals surface area contributed by atoms with E-state index in [0.717, 1.165) is 111 Å². The fraction of sp³-hybridized carbons (Fsp3) is 0.780. The summed E-state index contributed by atoms with van der Waals surface area (Å²) in [6.07, 6.45) is 16.6. The Hall–Kier alpha value is -7.64. The second-order valence-electron chi connectivity index (χ2n) is 41.4. The Bertz CT molecular complexity index is 3860. The van der Waals surface area contributed by atoms with Gasteiger partial charge in [0.25, 0.3) is 0 Å². The molecule has 9 aliphatic carbocycles. The van der Waals surface area contributed by atoms with Crippen molar-refractivity contribution in [2.45, 2.75) is 347 Å². The van der Waals surface area contributed by atoms with Crippen LogP contribution < -0.4 is 11.1 Å². The van der Waals surface area contributed by atoms with E-state index in [0.29, 0.717) is 23.7 Å². The average molecular weight is 1640 g/mol. The highest BCUT2D eigenvalue weighted by Crippen LogP contribution is 2.66. The fourth-order valence-corrected chi connectivity index (χ4v) is 19.8. The van der Waals surface area contributed by atoms with Gasteiger partial charge in [0.1, 0.15) is 53.2 Å². The van der Waals surface area contributed by atoms with Crippen molar-refractivity contribution in [3.63, 3.8) is 0 Å². The molecule has 1 aromatic rings. The molecule has 0 radical (unpaired) electrons. The number of methoxy groups -OCH3 is 1. The number of nitrogens with one attached hydrogen (secondary N) is 1. The zero-order valence-corrected chi connectivity index (χ0v) is 75.1. The van der Waals surface area contributed by atoms with Crippen LogP contribution in [0, 0.1) is 85.8 Å². The first-order valence-corrected chi connectivity index (χ1v) is 42.7. The molecule has 7 unspecified atom stereocenters. The van der Waals surface area contributed by atoms with Gasteiger partial charge in [-0.2, -0.15) is 0 Å². The SMILES string of the molecule is CC(C)(C)OC(=O)CN.CC(C)(C)OC(=O)CN=C1CC2CCC1(C)C2(C)C.CC(C)(C)OC(=O)[C@@H]1[C@H]2CCC[C@H]2C(=O)N1C(=O)OCc1ccccc1.CC(C)(C)OC(=O)[C@H]1NC(=O)[C@@H]2CCC[C@H]12.CC12CCC(C/C1=N\OC(=O)CCC(=O)O)C2(C)C.COC(=O)[C@@H]1CCC[C@@H]1C(N=C1CC2CCC1(C)C2(C)C)C(=O)OC(C)(C)C. The van der Waals surface area contributed by atoms with E-state index in [1.165, 1.54) is 38.5 Å². The Morgan fingerprint density at radius 1 is 0.538 bits per heavy atom. The van der Waals surface area contributed by atoms with E-state index in [2.05, 4.69) is 77.8 Å². The van der Waals surface area contributed by atoms with E-state index >= 15 is 0 Å². The third-order valence-electron chi connectivity index (χ3n) is 27.3. The number of benzene rings is 1. The summed E-state index contributed by atoms with van der Waals surface area (Å²) in [4.78, 5) is 147. The summed E-state index contributed by atoms with van der Waals surface area (Å²) in [5.41, 5.74) is 7.51. The van der Waals surface area contributed by atoms with Crippen LogP contribution in [0.2, 0.25) is 0 Å². The molecule has 1 aromatic carbocycles. The Balaban J connectivity index is 0.000000199. The highest BCUT2D eigenvalue weighted by Gasteiger charge is 2.63. The van der Waals surface area contributed by atoms with Crippen molar-refractivity contribution < 1.29 is 95.8 Å². The molecule has 11 fully saturated rings. The molecule has 9 saturated carbocycles. The Morgan fingerprint density at radius 3 is 1.47 bits per heavy atom. The van der Waals surface area contributed by atoms with Gasteiger partial charge in [-0.15, -0.1) is 0 Å². The summed E-state index contributed by atoms with van der Waals surface area (Å²) >= 11 is 0. The van der Waals surface area contributed by atoms with Crippen LogP contribution in [0.25, 0.3) is 0 Å². The Kier molecular flexibility index (Phi) is 31.0. The molecule has 2 saturated heterocycles. The van der Waals surface area contributed by atoms with Gasteiger partial charge >= 0.3 is 53.8 Å². The number of imide groups is 1. The van der Waals surface area contributed by atoms with Crippen LogP contribution in [0.5, 0.6) is 0 Å². The van der Waals surface area contributed by atoms with Gasteiger partial charge in [-0.3, -0.25) is 38.8 Å². The first-order chi connectivity index (χ1) is 53.8. The lowest BCUT2D eigenvalue weighted by atomic mass is 9.70. The van der Waals surface area contributed by atoms with Gasteiger partial charge < -0.3 is 54.2 Å². The Morgan fingerprint density at radius 2 is 1.01 bits per heavy atom. The van der Waals surface area contributed by atoms with Gasteiger partial charge in [-0.25, -0.2) is 28.9 Å². The van der Waals surface area contributed by atoms with E-state index in [9.17, 15) is 52.7 Å². The summed E-state index contributed by atoms with van der Waals surface area (Å²) < 4.78 is 37.0. The maximum Gasteiger partial charge on any atom is 0.417 e. The topological polar surface area (TPSA) is 360 Å². The number of fused-ring (bicyclic) bond motifs is 8. The van der Waals surface area contributed by atoms with Crippen molar-refractivity contribution in [1.82, 2.24) is 10.2 Å². The molecule has 4 N–H and O–H groups in total. The Labute approximate surface area is 695 Å². The molecule has 12 rings (SSSR count). The number of esters is 6. The maximum absolute atomic E-state index is 13.2. The summed E-state index contributed by atoms with van der Waals surface area (Å²) in [5.74, 6) is -2.51. The van der Waals surface area contributed by atoms with Gasteiger partial charge in [0.2, 0.25) is 11.8 Å². The highest BCUT2D eigenvalue weighted by atomic mass is 16.7. The minimum Gasteiger partial charge on any atom is -0.481 e. The lowest BCUT2D eigenvalue weighted by Crippen LogP contribution is -2.47. The molecule has 3 amide bonds. The van der Waals surface area contributed by atoms with Gasteiger partial charge in [0.05, 0.1) is 38.1 Å². The van der Waals surface area contributed by atoms with E-state index in [4.69, 9.17) is 53.8 Å². The van der Waals surface area contributed by atoms with Gasteiger partial charge in [0.15, 0.2) is 6.04 Å². The number of likely N-dealkylation sites (tertiary alicyclic amines) is 1. The second-order valence-corrected chi connectivity index (χ2v) is 41.4. The molecule has 0 spiro atoms. The number of rotatable bonds is 15. The molecular formula is C91H142N6O20. The largest absolute Gasteiger partial charge is 0.481 e. The lowest BCUT2D eigenvalue weighted by Gasteiger charge is -2.36. The standard InChI is InChI=1S/C23H37NO4.C20H25NO5.C16H27NO2.C14H21NO4.C12H19NO3.C6H13NO2/c1-21(2,3)28-20(26)18(15-9-8-10-16(15)19(25)27-7)24-17-13-14-11-12-23(17,6)22(14,4)5;1-20(2,3)26-18(23)16-14-10-7-11-15(14)17(22)21(16)19(24)25-12-13-8-5-4-6-9-13;1-14(2,3)19-13(18)10-17-12-9-11-7-8-16(12,6)15(11,4)5;1-13(2)9-6-7-14(13,3)10(8-9)15-19-12(18)5-4-11(16)17;1-12(2,3)16-11(15)9-7-5-4-6-8(7)10(14)13-9;1-6(2,3)9-5(8)4-7/h14-16,18H,8-13H2,1-7H3;4-6,8-9,14-16H,7,10-12H2,1-3H3;11H,7-10H2,1-6H3;9H,4-8H2,1-3H3,(H,16,17);7-9H,4-6H2,1-3H3,(H,13,14);4,7H2,1-3H3/b;;;15-10+;;/t14?,15-,16+,18?,23?;14-,15+,16-;;;7-,8+,9-;/m00..0./s1. The number of ether oxygens (including phenoxy) is 7. The molecule has 26 heteroatoms. The summed E-state index contributed by atoms with van der Waals surface area (Å²) in [6.45, 7) is 48.4. The van der Waals surface area contributed by atoms with Crippen molar-refractivity contribution in [2.75, 3.05) is 20.2 Å². The number of nitrogens with two attached hydrogens (primary N) is 1. The monoisotopic (exact) mass is 1640 g/mol. The summed E-state index contributed by atoms with van der Waals surface area (Å²) in [5, 5.41) is 15.3. The predicted octanol–water partition coefficient (Wildman–Crippen LogP) is 15.6. The molecule has 15 atom stereocenters. The summed E-state index contributed by atoms with van der Waals surface area (Å²) in [7, 11) is 1.42. The molecule has 0 aromatic heterocycles. The van der Waals surface area contributed by atoms with Crippen LogP contribution in [-0.4, -0.2) is 159 Å². The minimum atomic E-state index is -1.00. The van der Waals surface area contributed by atoms with Crippen LogP contribution in [0.3, 0.4) is 0 Å². The van der Waals surface area contributed by atoms with Crippen LogP contribution in [0.15, 0.2) is 45.5 Å². The van der Waals surface area contributed by atoms with Crippen LogP contribution >= 0.6 is 0 Å². The second kappa shape index (κ2) is 37.6. The van der Waals surface area contributed by atoms with E-state index < -0.39 is 70.1 Å². The van der Waals surface area contributed by atoms with Gasteiger partial charge in [-0.05, 0) is 240 Å². The number of hydrogen-bond acceptors (Lipinski definition) is 23. The van der Waals surface area contributed by atoms with E-state index in [1.807, 2.05) is 92.6 Å². The van der Waals surface area contributed by atoms with Crippen molar-refractivity contribution in [3.05, 3.63) is 35.9 Å². The molecule has 2 heterocycles. The highest BCUT2D eigenvalue weighted by molar-refractivity contribution is 6.02. The number of aliphatic imine (C=N–C) groups is 2. The number of amides is 3. The molecule has 26 nitrogen and oxygen atoms in total. The molecular weight excluding hydrogens is 1500 g/mol. The van der Waals surface area contributed by atoms with Crippen molar-refractivity contribution in [1.29, 1.82) is 0 Å². The number of carbonyl (C=O) groups is 11. The molecule has 11 aliphatic rings. The van der Waals surface area contributed by atoms with Crippen molar-refractivity contribution in [2.24, 2.45) is 107 Å². The fourth-order valence-electron chi connectivity index (χ4n) is 19.8. The third kappa shape index (κ3) is 23.5. The zero-order chi connectivity index (χ0) is 88.0. The van der Waals surface area contributed by atoms with Crippen molar-refractivity contribution >= 4 is 82.8 Å². The first kappa shape index (κ1) is 96.5. The van der Waals surface area contributed by atoms with Crippen LogP contribution in [0.1, 0.15) is 300 Å². The number of carboxylic acids is 1. The number of carbonyl (C=O) groups excluding carboxylic acids is 10. The molecule has 656 valence electrons. The normalized spacial score (nSPS) is 30.9. The lowest BCUT2D eigenvalue weighted by molar-refractivity contribution is -0.163. The van der Waals surface area contributed by atoms with Crippen molar-refractivity contribution in [3.8, 4) is 0 Å². The van der Waals surface area contributed by atoms with E-state index in [-0.39, 0.29) is 137 Å². The molecule has 117 heavy (non-hydrogen) atoms. The van der Waals surface area contributed by atoms with Crippen LogP contribution in [-0.2, 0) is 92.5 Å². The predicted molar refractivity (Wildman–Crippen MR) is 444 cm³/mol. The maximum atomic E-state index is 13.2. The minimum absolute atomic E-state index is 0.00471. The van der Waals surface area contributed by atoms with E-state index in [1.54, 1.807) is 41.5 Å². The smallest absolute Gasteiger partial charge is 0.417 e. The first-order valence-electron chi connectivity index (χ1n) is 42.7. The quantitative estimate of drug-likeness (QED) is 0.0635. The number of carboxylic acid groups (broad SMARTS) is 1. The average Bonchev–Trinajstić information content (AvgIpc) is 1.52. The number of hydrogen-bond donors (Lipinski definition) is 3. The van der Waals surface area contributed by atoms with Crippen LogP contribution in [0.4, 0.5) is 4.79 Å². The zero-order valence-electron chi connectivity index (χ0n) is 75.1. The number of nitrogens with zero attached hydrogens (tertiary/aromatic N) is 4. The number of aliphatic carboxylic acids is 1. The molecule has 6 bridgehead atoms. The van der Waals surface area contributed by atoms with Gasteiger partial charge in [-0.1, -0.05) is 117 Å². The number of oxime groups is 1. The third-order valence-corrected chi connectivity index (χ3v) is 27.3. The van der Waals surface area contributed by atoms with Gasteiger partial charge in [0, 0.05) is 57.3 Å².